The van der Waals surface area contributed by atoms with Gasteiger partial charge in [0.25, 0.3) is 0 Å². The van der Waals surface area contributed by atoms with Crippen LogP contribution in [0.5, 0.6) is 0 Å². The largest absolute Gasteiger partial charge is 0.124 e. The summed E-state index contributed by atoms with van der Waals surface area (Å²) in [6.07, 6.45) is 0. The maximum absolute atomic E-state index is 7.72. The van der Waals surface area contributed by atoms with Gasteiger partial charge in [0.05, 0.1) is 5.88 Å². The molecule has 0 nitrogen and oxygen atoms in total. The van der Waals surface area contributed by atoms with Gasteiger partial charge in [0.15, 0.2) is 0 Å². The van der Waals surface area contributed by atoms with Crippen LogP contribution in [0.15, 0.2) is 121 Å². The van der Waals surface area contributed by atoms with Gasteiger partial charge in [-0.15, -0.1) is 23.2 Å². The summed E-state index contributed by atoms with van der Waals surface area (Å²) in [6, 6.07) is 42.4. The van der Waals surface area contributed by atoms with Crippen molar-refractivity contribution in [3.05, 3.63) is 121 Å². The molecule has 0 aromatic heterocycles. The first-order valence-electron chi connectivity index (χ1n) is 9.79. The van der Waals surface area contributed by atoms with Gasteiger partial charge in [0.2, 0.25) is 0 Å². The minimum atomic E-state index is -0.921. The molecule has 0 amide bonds. The van der Waals surface area contributed by atoms with Crippen molar-refractivity contribution in [1.29, 1.82) is 0 Å². The standard InChI is InChI=1S/C26H22Cl2P2.Pd/c27-21-26(28,29(22-13-5-1-6-14-22)23-15-7-2-8-16-23)30(24-17-9-3-10-18-24)25-19-11-4-12-20-25;/h1-20H,21H2;. The Morgan fingerprint density at radius 3 is 0.903 bits per heavy atom. The smallest absolute Gasteiger partial charge is 0.113 e. The van der Waals surface area contributed by atoms with Crippen LogP contribution in [0.2, 0.25) is 0 Å². The molecule has 4 aromatic rings. The maximum atomic E-state index is 7.72. The molecule has 0 N–H and O–H groups in total. The minimum Gasteiger partial charge on any atom is -0.124 e. The average molecular weight is 574 g/mol. The van der Waals surface area contributed by atoms with Crippen LogP contribution in [-0.2, 0) is 20.4 Å². The molecule has 0 unspecified atom stereocenters. The molecular weight excluding hydrogens is 552 g/mol. The van der Waals surface area contributed by atoms with Crippen molar-refractivity contribution in [2.45, 2.75) is 4.36 Å². The number of benzene rings is 4. The Labute approximate surface area is 211 Å². The molecule has 4 rings (SSSR count). The molecule has 0 saturated heterocycles. The van der Waals surface area contributed by atoms with E-state index in [1.54, 1.807) is 0 Å². The first kappa shape index (κ1) is 24.6. The van der Waals surface area contributed by atoms with E-state index in [0.717, 1.165) is 0 Å². The van der Waals surface area contributed by atoms with Gasteiger partial charge in [-0.05, 0) is 37.1 Å². The number of halogens is 2. The van der Waals surface area contributed by atoms with Gasteiger partial charge in [0.1, 0.15) is 4.36 Å². The Bertz CT molecular complexity index is 886. The summed E-state index contributed by atoms with van der Waals surface area (Å²) < 4.78 is -0.641. The van der Waals surface area contributed by atoms with Crippen molar-refractivity contribution in [1.82, 2.24) is 0 Å². The fraction of sp³-hybridized carbons (Fsp3) is 0.0769. The van der Waals surface area contributed by atoms with E-state index in [1.807, 2.05) is 0 Å². The summed E-state index contributed by atoms with van der Waals surface area (Å²) in [5.74, 6) is 0.361. The van der Waals surface area contributed by atoms with Gasteiger partial charge in [0, 0.05) is 20.4 Å². The molecular formula is C26H22Cl2P2Pd. The molecule has 0 aliphatic heterocycles. The number of rotatable bonds is 7. The van der Waals surface area contributed by atoms with E-state index in [9.17, 15) is 0 Å². The fourth-order valence-corrected chi connectivity index (χ4v) is 12.0. The third-order valence-corrected chi connectivity index (χ3v) is 13.1. The number of hydrogen-bond donors (Lipinski definition) is 0. The average Bonchev–Trinajstić information content (AvgIpc) is 2.82. The van der Waals surface area contributed by atoms with Crippen LogP contribution in [0.4, 0.5) is 0 Å². The van der Waals surface area contributed by atoms with E-state index in [4.69, 9.17) is 23.2 Å². The van der Waals surface area contributed by atoms with E-state index in [-0.39, 0.29) is 20.4 Å². The van der Waals surface area contributed by atoms with Gasteiger partial charge >= 0.3 is 0 Å². The summed E-state index contributed by atoms with van der Waals surface area (Å²) in [5.41, 5.74) is 0. The van der Waals surface area contributed by atoms with Crippen LogP contribution < -0.4 is 21.2 Å². The molecule has 0 fully saturated rings. The molecule has 0 spiro atoms. The summed E-state index contributed by atoms with van der Waals surface area (Å²) in [5, 5.41) is 4.98. The second kappa shape index (κ2) is 11.7. The molecule has 0 aliphatic carbocycles. The fourth-order valence-electron chi connectivity index (χ4n) is 3.62. The molecule has 0 heterocycles. The van der Waals surface area contributed by atoms with Crippen LogP contribution in [0.25, 0.3) is 0 Å². The van der Waals surface area contributed by atoms with Crippen LogP contribution in [0.1, 0.15) is 0 Å². The van der Waals surface area contributed by atoms with Gasteiger partial charge in [-0.3, -0.25) is 0 Å². The molecule has 31 heavy (non-hydrogen) atoms. The Morgan fingerprint density at radius 2 is 0.710 bits per heavy atom. The Balaban J connectivity index is 0.00000272. The molecule has 0 atom stereocenters. The van der Waals surface area contributed by atoms with Crippen molar-refractivity contribution in [2.75, 3.05) is 5.88 Å². The molecule has 0 bridgehead atoms. The van der Waals surface area contributed by atoms with Gasteiger partial charge in [-0.2, -0.15) is 0 Å². The van der Waals surface area contributed by atoms with Crippen molar-refractivity contribution in [2.24, 2.45) is 0 Å². The van der Waals surface area contributed by atoms with Crippen molar-refractivity contribution in [3.8, 4) is 0 Å². The Morgan fingerprint density at radius 1 is 0.484 bits per heavy atom. The summed E-state index contributed by atoms with van der Waals surface area (Å²) >= 11 is 14.5. The normalized spacial score (nSPS) is 11.4. The van der Waals surface area contributed by atoms with E-state index >= 15 is 0 Å². The van der Waals surface area contributed by atoms with Crippen LogP contribution in [0.3, 0.4) is 0 Å². The zero-order valence-corrected chi connectivity index (χ0v) is 21.6. The first-order valence-corrected chi connectivity index (χ1v) is 13.4. The zero-order valence-electron chi connectivity index (χ0n) is 16.7. The Hall–Kier alpha value is -1.02. The van der Waals surface area contributed by atoms with Crippen molar-refractivity contribution < 1.29 is 20.4 Å². The molecule has 160 valence electrons. The third kappa shape index (κ3) is 5.49. The zero-order chi connectivity index (χ0) is 20.8. The number of hydrogen-bond acceptors (Lipinski definition) is 0. The SMILES string of the molecule is ClCC(Cl)(P(c1ccccc1)c1ccccc1)P(c1ccccc1)c1ccccc1.[Pd]. The van der Waals surface area contributed by atoms with Crippen LogP contribution in [0, 0.1) is 0 Å². The molecule has 5 heteroatoms. The predicted molar refractivity (Wildman–Crippen MR) is 137 cm³/mol. The summed E-state index contributed by atoms with van der Waals surface area (Å²) in [4.78, 5) is 0. The van der Waals surface area contributed by atoms with Crippen LogP contribution >= 0.6 is 39.0 Å². The van der Waals surface area contributed by atoms with E-state index in [2.05, 4.69) is 121 Å². The molecule has 0 saturated carbocycles. The second-order valence-electron chi connectivity index (χ2n) is 6.87. The van der Waals surface area contributed by atoms with Crippen molar-refractivity contribution >= 4 is 60.3 Å². The van der Waals surface area contributed by atoms with Gasteiger partial charge in [-0.1, -0.05) is 121 Å². The second-order valence-corrected chi connectivity index (χ2v) is 13.6. The topological polar surface area (TPSA) is 0 Å². The van der Waals surface area contributed by atoms with E-state index in [1.165, 1.54) is 21.2 Å². The van der Waals surface area contributed by atoms with Crippen molar-refractivity contribution in [3.63, 3.8) is 0 Å². The van der Waals surface area contributed by atoms with Gasteiger partial charge < -0.3 is 0 Å². The third-order valence-electron chi connectivity index (χ3n) is 4.91. The Kier molecular flexibility index (Phi) is 9.32. The molecule has 0 radical (unpaired) electrons. The number of alkyl halides is 2. The quantitative estimate of drug-likeness (QED) is 0.137. The predicted octanol–water partition coefficient (Wildman–Crippen LogP) is 6.38. The van der Waals surface area contributed by atoms with E-state index in [0.29, 0.717) is 5.88 Å². The first-order chi connectivity index (χ1) is 14.7. The van der Waals surface area contributed by atoms with E-state index < -0.39 is 20.2 Å². The molecule has 0 aliphatic rings. The monoisotopic (exact) mass is 572 g/mol. The van der Waals surface area contributed by atoms with Gasteiger partial charge in [-0.25, -0.2) is 0 Å². The maximum Gasteiger partial charge on any atom is 0.113 e. The van der Waals surface area contributed by atoms with Crippen LogP contribution in [-0.4, -0.2) is 10.2 Å². The summed E-state index contributed by atoms with van der Waals surface area (Å²) in [6.45, 7) is 0. The summed E-state index contributed by atoms with van der Waals surface area (Å²) in [7, 11) is -1.84. The minimum absolute atomic E-state index is 0. The molecule has 4 aromatic carbocycles.